The first-order chi connectivity index (χ1) is 8.74. The Kier molecular flexibility index (Phi) is 3.09. The van der Waals surface area contributed by atoms with E-state index < -0.39 is 0 Å². The summed E-state index contributed by atoms with van der Waals surface area (Å²) in [6, 6.07) is 7.99. The van der Waals surface area contributed by atoms with E-state index in [4.69, 9.17) is 10.5 Å². The summed E-state index contributed by atoms with van der Waals surface area (Å²) in [6.07, 6.45) is 2.87. The van der Waals surface area contributed by atoms with Gasteiger partial charge in [-0.15, -0.1) is 0 Å². The topological polar surface area (TPSA) is 53.1 Å². The number of hydrogen-bond donors (Lipinski definition) is 1. The molecule has 0 amide bonds. The highest BCUT2D eigenvalue weighted by atomic mass is 79.9. The van der Waals surface area contributed by atoms with Crippen LogP contribution in [0.4, 0.5) is 5.69 Å². The van der Waals surface area contributed by atoms with Crippen LogP contribution >= 0.6 is 15.9 Å². The zero-order chi connectivity index (χ0) is 12.5. The van der Waals surface area contributed by atoms with Crippen molar-refractivity contribution in [3.05, 3.63) is 40.6 Å². The smallest absolute Gasteiger partial charge is 0.0912 e. The van der Waals surface area contributed by atoms with E-state index in [9.17, 15) is 0 Å². The van der Waals surface area contributed by atoms with E-state index in [1.54, 1.807) is 0 Å². The van der Waals surface area contributed by atoms with Gasteiger partial charge in [0.25, 0.3) is 0 Å². The molecule has 1 saturated heterocycles. The highest BCUT2D eigenvalue weighted by Gasteiger charge is 2.23. The van der Waals surface area contributed by atoms with E-state index in [0.717, 1.165) is 41.2 Å². The van der Waals surface area contributed by atoms with Gasteiger partial charge in [0, 0.05) is 17.0 Å². The molecule has 1 aromatic carbocycles. The summed E-state index contributed by atoms with van der Waals surface area (Å²) in [5, 5.41) is 4.59. The van der Waals surface area contributed by atoms with Gasteiger partial charge < -0.3 is 10.5 Å². The number of nitrogens with zero attached hydrogens (tertiary/aromatic N) is 2. The molecule has 3 rings (SSSR count). The van der Waals surface area contributed by atoms with Crippen molar-refractivity contribution in [2.24, 2.45) is 0 Å². The molecular formula is C13H14BrN3O. The van der Waals surface area contributed by atoms with E-state index in [0.29, 0.717) is 5.92 Å². The van der Waals surface area contributed by atoms with E-state index in [1.807, 2.05) is 35.1 Å². The second-order valence-corrected chi connectivity index (χ2v) is 5.37. The average molecular weight is 308 g/mol. The Morgan fingerprint density at radius 2 is 2.11 bits per heavy atom. The number of aromatic nitrogens is 2. The van der Waals surface area contributed by atoms with Gasteiger partial charge >= 0.3 is 0 Å². The van der Waals surface area contributed by atoms with Crippen molar-refractivity contribution < 1.29 is 4.74 Å². The Balaban J connectivity index is 1.94. The first-order valence-corrected chi connectivity index (χ1v) is 6.72. The lowest BCUT2D eigenvalue weighted by Gasteiger charge is -2.04. The molecule has 5 heteroatoms. The number of nitrogens with two attached hydrogens (primary N) is 1. The summed E-state index contributed by atoms with van der Waals surface area (Å²) in [5.41, 5.74) is 8.75. The first kappa shape index (κ1) is 11.7. The highest BCUT2D eigenvalue weighted by Crippen LogP contribution is 2.29. The van der Waals surface area contributed by atoms with Gasteiger partial charge in [0.1, 0.15) is 0 Å². The molecule has 4 nitrogen and oxygen atoms in total. The largest absolute Gasteiger partial charge is 0.396 e. The van der Waals surface area contributed by atoms with Crippen LogP contribution < -0.4 is 5.73 Å². The van der Waals surface area contributed by atoms with Gasteiger partial charge in [-0.2, -0.15) is 5.10 Å². The minimum atomic E-state index is 0.335. The van der Waals surface area contributed by atoms with E-state index in [2.05, 4.69) is 21.0 Å². The maximum absolute atomic E-state index is 6.04. The van der Waals surface area contributed by atoms with E-state index in [-0.39, 0.29) is 0 Å². The van der Waals surface area contributed by atoms with Crippen LogP contribution in [0.25, 0.3) is 5.69 Å². The molecule has 1 aromatic heterocycles. The molecule has 94 valence electrons. The fourth-order valence-corrected chi connectivity index (χ4v) is 2.46. The number of ether oxygens (including phenoxy) is 1. The maximum Gasteiger partial charge on any atom is 0.0912 e. The lowest BCUT2D eigenvalue weighted by molar-refractivity contribution is 0.193. The molecule has 0 spiro atoms. The van der Waals surface area contributed by atoms with Gasteiger partial charge in [0.15, 0.2) is 0 Å². The SMILES string of the molecule is Nc1cn(-c2ccc(Br)cc2)nc1C1CCOC1. The minimum Gasteiger partial charge on any atom is -0.396 e. The third-order valence-corrected chi connectivity index (χ3v) is 3.71. The van der Waals surface area contributed by atoms with Gasteiger partial charge in [0.05, 0.1) is 29.9 Å². The highest BCUT2D eigenvalue weighted by molar-refractivity contribution is 9.10. The fourth-order valence-electron chi connectivity index (χ4n) is 2.19. The Bertz CT molecular complexity index is 544. The second kappa shape index (κ2) is 4.74. The Hall–Kier alpha value is -1.33. The molecule has 0 aliphatic carbocycles. The minimum absolute atomic E-state index is 0.335. The summed E-state index contributed by atoms with van der Waals surface area (Å²) < 4.78 is 8.27. The molecule has 0 bridgehead atoms. The van der Waals surface area contributed by atoms with Gasteiger partial charge in [0.2, 0.25) is 0 Å². The van der Waals surface area contributed by atoms with Crippen molar-refractivity contribution in [1.82, 2.24) is 9.78 Å². The van der Waals surface area contributed by atoms with Crippen molar-refractivity contribution in [1.29, 1.82) is 0 Å². The van der Waals surface area contributed by atoms with Gasteiger partial charge in [-0.05, 0) is 30.7 Å². The van der Waals surface area contributed by atoms with Crippen molar-refractivity contribution in [2.45, 2.75) is 12.3 Å². The van der Waals surface area contributed by atoms with Crippen LogP contribution in [0.3, 0.4) is 0 Å². The van der Waals surface area contributed by atoms with Crippen molar-refractivity contribution in [3.8, 4) is 5.69 Å². The molecule has 18 heavy (non-hydrogen) atoms. The maximum atomic E-state index is 6.04. The van der Waals surface area contributed by atoms with E-state index >= 15 is 0 Å². The standard InChI is InChI=1S/C13H14BrN3O/c14-10-1-3-11(4-2-10)17-7-12(15)13(16-17)9-5-6-18-8-9/h1-4,7,9H,5-6,8,15H2. The lowest BCUT2D eigenvalue weighted by Crippen LogP contribution is -2.03. The number of benzene rings is 1. The molecule has 1 unspecified atom stereocenters. The molecule has 1 aliphatic heterocycles. The van der Waals surface area contributed by atoms with Gasteiger partial charge in [-0.3, -0.25) is 0 Å². The normalized spacial score (nSPS) is 19.3. The Labute approximate surface area is 114 Å². The van der Waals surface area contributed by atoms with Gasteiger partial charge in [-0.1, -0.05) is 15.9 Å². The molecule has 1 fully saturated rings. The Morgan fingerprint density at radius 1 is 1.33 bits per heavy atom. The first-order valence-electron chi connectivity index (χ1n) is 5.93. The fraction of sp³-hybridized carbons (Fsp3) is 0.308. The number of nitrogen functional groups attached to an aromatic ring is 1. The van der Waals surface area contributed by atoms with Gasteiger partial charge in [-0.25, -0.2) is 4.68 Å². The third kappa shape index (κ3) is 2.15. The molecule has 1 aliphatic rings. The van der Waals surface area contributed by atoms with Crippen molar-refractivity contribution >= 4 is 21.6 Å². The van der Waals surface area contributed by atoms with Crippen molar-refractivity contribution in [3.63, 3.8) is 0 Å². The molecule has 1 atom stereocenters. The zero-order valence-electron chi connectivity index (χ0n) is 9.84. The number of rotatable bonds is 2. The molecule has 2 aromatic rings. The molecule has 0 saturated carbocycles. The van der Waals surface area contributed by atoms with Crippen LogP contribution in [0, 0.1) is 0 Å². The quantitative estimate of drug-likeness (QED) is 0.928. The second-order valence-electron chi connectivity index (χ2n) is 4.45. The summed E-state index contributed by atoms with van der Waals surface area (Å²) in [7, 11) is 0. The van der Waals surface area contributed by atoms with Crippen LogP contribution in [0.5, 0.6) is 0 Å². The molecule has 0 radical (unpaired) electrons. The summed E-state index contributed by atoms with van der Waals surface area (Å²) in [6.45, 7) is 1.52. The number of anilines is 1. The van der Waals surface area contributed by atoms with Crippen LogP contribution in [-0.2, 0) is 4.74 Å². The Morgan fingerprint density at radius 3 is 2.78 bits per heavy atom. The molecule has 2 heterocycles. The summed E-state index contributed by atoms with van der Waals surface area (Å²) in [4.78, 5) is 0. The average Bonchev–Trinajstić information content (AvgIpc) is 2.99. The predicted octanol–water partition coefficient (Wildman–Crippen LogP) is 2.72. The lowest BCUT2D eigenvalue weighted by atomic mass is 10.0. The van der Waals surface area contributed by atoms with Crippen molar-refractivity contribution in [2.75, 3.05) is 18.9 Å². The number of halogens is 1. The summed E-state index contributed by atoms with van der Waals surface area (Å²) in [5.74, 6) is 0.335. The van der Waals surface area contributed by atoms with Crippen LogP contribution in [0.15, 0.2) is 34.9 Å². The van der Waals surface area contributed by atoms with Crippen LogP contribution in [-0.4, -0.2) is 23.0 Å². The zero-order valence-corrected chi connectivity index (χ0v) is 11.4. The van der Waals surface area contributed by atoms with Crippen LogP contribution in [0.1, 0.15) is 18.0 Å². The van der Waals surface area contributed by atoms with Crippen LogP contribution in [0.2, 0.25) is 0 Å². The van der Waals surface area contributed by atoms with E-state index in [1.165, 1.54) is 0 Å². The summed E-state index contributed by atoms with van der Waals surface area (Å²) >= 11 is 3.42. The third-order valence-electron chi connectivity index (χ3n) is 3.18. The molecular weight excluding hydrogens is 294 g/mol. The predicted molar refractivity (Wildman–Crippen MR) is 73.9 cm³/mol. The molecule has 2 N–H and O–H groups in total. The number of hydrogen-bond acceptors (Lipinski definition) is 3. The monoisotopic (exact) mass is 307 g/mol.